The van der Waals surface area contributed by atoms with Crippen molar-refractivity contribution >= 4 is 27.2 Å². The number of aliphatic hydroxyl groups excluding tert-OH is 1. The zero-order valence-corrected chi connectivity index (χ0v) is 19.3. The average Bonchev–Trinajstić information content (AvgIpc) is 3.37. The summed E-state index contributed by atoms with van der Waals surface area (Å²) >= 11 is 1.82. The maximum atomic E-state index is 10.8. The van der Waals surface area contributed by atoms with E-state index in [1.807, 2.05) is 60.2 Å². The first-order valence-corrected chi connectivity index (χ1v) is 12.0. The molecule has 2 aromatic carbocycles. The Labute approximate surface area is 192 Å². The molecule has 6 nitrogen and oxygen atoms in total. The first-order valence-electron chi connectivity index (χ1n) is 11.2. The van der Waals surface area contributed by atoms with E-state index in [4.69, 9.17) is 4.98 Å². The summed E-state index contributed by atoms with van der Waals surface area (Å²) in [5, 5.41) is 20.0. The molecule has 1 fully saturated rings. The minimum atomic E-state index is -0.639. The summed E-state index contributed by atoms with van der Waals surface area (Å²) in [6, 6.07) is 18.5. The molecule has 0 radical (unpaired) electrons. The van der Waals surface area contributed by atoms with Gasteiger partial charge in [0.1, 0.15) is 6.23 Å². The van der Waals surface area contributed by atoms with E-state index in [-0.39, 0.29) is 0 Å². The van der Waals surface area contributed by atoms with Gasteiger partial charge in [0, 0.05) is 12.5 Å². The third kappa shape index (κ3) is 4.28. The normalized spacial score (nSPS) is 16.5. The molecule has 0 bridgehead atoms. The average molecular weight is 448 g/mol. The number of fused-ring (bicyclic) bond motifs is 1. The Morgan fingerprint density at radius 1 is 1.06 bits per heavy atom. The molecule has 0 amide bonds. The molecule has 5 rings (SSSR count). The molecule has 166 valence electrons. The van der Waals surface area contributed by atoms with Crippen molar-refractivity contribution < 1.29 is 5.11 Å². The highest BCUT2D eigenvalue weighted by atomic mass is 32.1. The predicted molar refractivity (Wildman–Crippen MR) is 131 cm³/mol. The summed E-state index contributed by atoms with van der Waals surface area (Å²) in [4.78, 5) is 7.19. The second kappa shape index (κ2) is 9.02. The topological polar surface area (TPSA) is 66.2 Å². The first kappa shape index (κ1) is 21.1. The largest absolute Gasteiger partial charge is 0.372 e. The van der Waals surface area contributed by atoms with Gasteiger partial charge in [-0.15, -0.1) is 11.3 Å². The van der Waals surface area contributed by atoms with Gasteiger partial charge in [-0.3, -0.25) is 4.90 Å². The number of benzene rings is 2. The van der Waals surface area contributed by atoms with Crippen molar-refractivity contribution in [2.24, 2.45) is 0 Å². The van der Waals surface area contributed by atoms with Crippen LogP contribution in [0.2, 0.25) is 0 Å². The number of aryl methyl sites for hydroxylation is 1. The van der Waals surface area contributed by atoms with E-state index in [1.165, 1.54) is 9.71 Å². The van der Waals surface area contributed by atoms with Crippen molar-refractivity contribution in [3.63, 3.8) is 0 Å². The van der Waals surface area contributed by atoms with Crippen LogP contribution in [0.5, 0.6) is 0 Å². The molecule has 1 atom stereocenters. The number of anilines is 1. The number of aliphatic hydroxyl groups is 1. The lowest BCUT2D eigenvalue weighted by Gasteiger charge is -2.32. The maximum absolute atomic E-state index is 10.8. The Morgan fingerprint density at radius 3 is 2.53 bits per heavy atom. The summed E-state index contributed by atoms with van der Waals surface area (Å²) in [7, 11) is 0. The number of likely N-dealkylation sites (tertiary alicyclic amines) is 1. The van der Waals surface area contributed by atoms with Crippen LogP contribution in [-0.2, 0) is 0 Å². The third-order valence-corrected chi connectivity index (χ3v) is 7.48. The van der Waals surface area contributed by atoms with Crippen LogP contribution in [0.1, 0.15) is 35.2 Å². The van der Waals surface area contributed by atoms with E-state index in [2.05, 4.69) is 39.6 Å². The minimum absolute atomic E-state index is 0.516. The number of β-amino-alcohol motifs (C(OH)–C–C–N with tert-alkyl or cyclic N) is 1. The van der Waals surface area contributed by atoms with Crippen molar-refractivity contribution in [2.75, 3.05) is 25.0 Å². The lowest BCUT2D eigenvalue weighted by atomic mass is 9.97. The maximum Gasteiger partial charge on any atom is 0.137 e. The number of rotatable bonds is 6. The standard InChI is InChI=1S/C25H29N5OS/c1-17-24(18(2)30(28-17)20-8-4-3-5-9-20)27-23(31)16-29-14-12-19(13-15-29)25-26-21-10-6-7-11-22(21)32-25/h3-11,19,23,27,31H,12-16H2,1-2H3. The van der Waals surface area contributed by atoms with Crippen LogP contribution in [0.3, 0.4) is 0 Å². The molecule has 2 aromatic heterocycles. The highest BCUT2D eigenvalue weighted by Gasteiger charge is 2.25. The van der Waals surface area contributed by atoms with Crippen molar-refractivity contribution in [2.45, 2.75) is 38.8 Å². The lowest BCUT2D eigenvalue weighted by Crippen LogP contribution is -2.41. The van der Waals surface area contributed by atoms with Gasteiger partial charge in [0.2, 0.25) is 0 Å². The molecule has 1 aliphatic heterocycles. The number of nitrogens with zero attached hydrogens (tertiary/aromatic N) is 4. The predicted octanol–water partition coefficient (Wildman–Crippen LogP) is 4.71. The van der Waals surface area contributed by atoms with Gasteiger partial charge < -0.3 is 10.4 Å². The molecule has 4 aromatic rings. The molecule has 1 aliphatic rings. The Morgan fingerprint density at radius 2 is 1.78 bits per heavy atom. The van der Waals surface area contributed by atoms with Gasteiger partial charge in [-0.1, -0.05) is 30.3 Å². The highest BCUT2D eigenvalue weighted by molar-refractivity contribution is 7.18. The molecule has 32 heavy (non-hydrogen) atoms. The van der Waals surface area contributed by atoms with E-state index in [0.717, 1.165) is 54.2 Å². The fraction of sp³-hybridized carbons (Fsp3) is 0.360. The highest BCUT2D eigenvalue weighted by Crippen LogP contribution is 2.34. The van der Waals surface area contributed by atoms with Crippen LogP contribution in [0.4, 0.5) is 5.69 Å². The van der Waals surface area contributed by atoms with Crippen LogP contribution in [0, 0.1) is 13.8 Å². The number of hydrogen-bond donors (Lipinski definition) is 2. The van der Waals surface area contributed by atoms with Crippen LogP contribution in [-0.4, -0.2) is 50.6 Å². The van der Waals surface area contributed by atoms with Gasteiger partial charge in [-0.2, -0.15) is 5.10 Å². The Hall–Kier alpha value is -2.74. The number of aromatic nitrogens is 3. The van der Waals surface area contributed by atoms with Crippen molar-refractivity contribution in [3.8, 4) is 5.69 Å². The SMILES string of the molecule is Cc1nn(-c2ccccc2)c(C)c1NC(O)CN1CCC(c2nc3ccccc3s2)CC1. The van der Waals surface area contributed by atoms with E-state index in [9.17, 15) is 5.11 Å². The van der Waals surface area contributed by atoms with Crippen molar-refractivity contribution in [1.29, 1.82) is 0 Å². The molecule has 2 N–H and O–H groups in total. The molecule has 1 saturated heterocycles. The summed E-state index contributed by atoms with van der Waals surface area (Å²) < 4.78 is 3.19. The van der Waals surface area contributed by atoms with Crippen LogP contribution in [0.25, 0.3) is 15.9 Å². The second-order valence-electron chi connectivity index (χ2n) is 8.55. The minimum Gasteiger partial charge on any atom is -0.372 e. The summed E-state index contributed by atoms with van der Waals surface area (Å²) in [5.74, 6) is 0.516. The zero-order chi connectivity index (χ0) is 22.1. The molecule has 0 saturated carbocycles. The first-order chi connectivity index (χ1) is 15.6. The van der Waals surface area contributed by atoms with Crippen LogP contribution >= 0.6 is 11.3 Å². The molecule has 0 spiro atoms. The van der Waals surface area contributed by atoms with E-state index in [0.29, 0.717) is 12.5 Å². The quantitative estimate of drug-likeness (QED) is 0.419. The molecule has 0 aliphatic carbocycles. The molecule has 1 unspecified atom stereocenters. The van der Waals surface area contributed by atoms with Gasteiger partial charge in [0.15, 0.2) is 0 Å². The summed E-state index contributed by atoms with van der Waals surface area (Å²) in [6.45, 7) is 6.56. The Kier molecular flexibility index (Phi) is 5.95. The number of para-hydroxylation sites is 2. The number of piperidine rings is 1. The van der Waals surface area contributed by atoms with Gasteiger partial charge >= 0.3 is 0 Å². The number of nitrogens with one attached hydrogen (secondary N) is 1. The third-order valence-electron chi connectivity index (χ3n) is 6.28. The van der Waals surface area contributed by atoms with E-state index >= 15 is 0 Å². The van der Waals surface area contributed by atoms with Crippen molar-refractivity contribution in [1.82, 2.24) is 19.7 Å². The Bertz CT molecular complexity index is 1160. The van der Waals surface area contributed by atoms with E-state index in [1.54, 1.807) is 0 Å². The van der Waals surface area contributed by atoms with Gasteiger partial charge in [0.05, 0.1) is 38.0 Å². The molecule has 7 heteroatoms. The number of thiazole rings is 1. The second-order valence-corrected chi connectivity index (χ2v) is 9.61. The molecular weight excluding hydrogens is 418 g/mol. The lowest BCUT2D eigenvalue weighted by molar-refractivity contribution is 0.114. The van der Waals surface area contributed by atoms with Crippen molar-refractivity contribution in [3.05, 3.63) is 71.0 Å². The monoisotopic (exact) mass is 447 g/mol. The Balaban J connectivity index is 1.19. The fourth-order valence-electron chi connectivity index (χ4n) is 4.56. The number of hydrogen-bond acceptors (Lipinski definition) is 6. The molecule has 3 heterocycles. The summed E-state index contributed by atoms with van der Waals surface area (Å²) in [6.07, 6.45) is 1.52. The van der Waals surface area contributed by atoms with E-state index < -0.39 is 6.23 Å². The smallest absolute Gasteiger partial charge is 0.137 e. The van der Waals surface area contributed by atoms with Gasteiger partial charge in [-0.05, 0) is 64.0 Å². The summed E-state index contributed by atoms with van der Waals surface area (Å²) in [5.41, 5.74) is 4.93. The van der Waals surface area contributed by atoms with Crippen LogP contribution < -0.4 is 5.32 Å². The fourth-order valence-corrected chi connectivity index (χ4v) is 5.69. The molecular formula is C25H29N5OS. The van der Waals surface area contributed by atoms with Gasteiger partial charge in [-0.25, -0.2) is 9.67 Å². The zero-order valence-electron chi connectivity index (χ0n) is 18.5. The van der Waals surface area contributed by atoms with Gasteiger partial charge in [0.25, 0.3) is 0 Å². The van der Waals surface area contributed by atoms with Crippen LogP contribution in [0.15, 0.2) is 54.6 Å².